The predicted octanol–water partition coefficient (Wildman–Crippen LogP) is -0.0280. The normalized spacial score (nSPS) is 15.1. The fraction of sp³-hybridized carbons (Fsp3) is 0.455. The molecule has 8 heteroatoms. The van der Waals surface area contributed by atoms with Gasteiger partial charge in [0.05, 0.1) is 12.3 Å². The number of primary sulfonamides is 1. The van der Waals surface area contributed by atoms with Gasteiger partial charge in [-0.15, -0.1) is 0 Å². The maximum Gasteiger partial charge on any atom is 0.272 e. The van der Waals surface area contributed by atoms with Crippen LogP contribution in [-0.2, 0) is 10.0 Å². The van der Waals surface area contributed by atoms with Gasteiger partial charge in [-0.25, -0.2) is 18.5 Å². The summed E-state index contributed by atoms with van der Waals surface area (Å²) in [6, 6.07) is 1.32. The molecule has 1 aromatic rings. The van der Waals surface area contributed by atoms with Crippen LogP contribution in [0, 0.1) is 0 Å². The molecule has 2 N–H and O–H groups in total. The third-order valence-electron chi connectivity index (χ3n) is 2.58. The zero-order chi connectivity index (χ0) is 14.2. The number of amides is 1. The highest BCUT2D eigenvalue weighted by molar-refractivity contribution is 7.89. The second-order valence-corrected chi connectivity index (χ2v) is 6.11. The Labute approximate surface area is 111 Å². The first kappa shape index (κ1) is 13.8. The number of nitrogens with zero attached hydrogens (tertiary/aromatic N) is 2. The summed E-state index contributed by atoms with van der Waals surface area (Å²) in [6.45, 7) is 0. The Hall–Kier alpha value is -1.67. The highest BCUT2D eigenvalue weighted by atomic mass is 32.2. The minimum Gasteiger partial charge on any atom is -0.489 e. The van der Waals surface area contributed by atoms with Crippen LogP contribution in [0.25, 0.3) is 0 Å². The van der Waals surface area contributed by atoms with Crippen LogP contribution in [-0.4, -0.2) is 44.4 Å². The molecule has 19 heavy (non-hydrogen) atoms. The Balaban J connectivity index is 2.43. The lowest BCUT2D eigenvalue weighted by Gasteiger charge is -2.13. The second kappa shape index (κ2) is 4.78. The maximum atomic E-state index is 11.8. The molecule has 0 atom stereocenters. The third-order valence-corrected chi connectivity index (χ3v) is 3.50. The molecule has 0 radical (unpaired) electrons. The number of carbonyl (C=O) groups excluding carboxylic acids is 1. The van der Waals surface area contributed by atoms with Crippen molar-refractivity contribution in [2.75, 3.05) is 14.1 Å². The van der Waals surface area contributed by atoms with Gasteiger partial charge in [-0.2, -0.15) is 0 Å². The van der Waals surface area contributed by atoms with Gasteiger partial charge in [0.15, 0.2) is 0 Å². The highest BCUT2D eigenvalue weighted by Gasteiger charge is 2.28. The van der Waals surface area contributed by atoms with E-state index in [4.69, 9.17) is 9.88 Å². The SMILES string of the molecule is CN(C)C(=O)c1cc(OC2CC2)c(S(N)(=O)=O)cn1. The number of hydrogen-bond donors (Lipinski definition) is 1. The zero-order valence-corrected chi connectivity index (χ0v) is 11.5. The van der Waals surface area contributed by atoms with Crippen molar-refractivity contribution in [3.8, 4) is 5.75 Å². The van der Waals surface area contributed by atoms with E-state index >= 15 is 0 Å². The molecule has 2 rings (SSSR count). The molecule has 0 aromatic carbocycles. The van der Waals surface area contributed by atoms with E-state index in [0.29, 0.717) is 0 Å². The molecule has 0 unspecified atom stereocenters. The van der Waals surface area contributed by atoms with Crippen molar-refractivity contribution in [2.24, 2.45) is 5.14 Å². The molecule has 1 aliphatic rings. The smallest absolute Gasteiger partial charge is 0.272 e. The molecular formula is C11H15N3O4S. The Morgan fingerprint density at radius 2 is 2.11 bits per heavy atom. The Kier molecular flexibility index (Phi) is 3.46. The van der Waals surface area contributed by atoms with Crippen LogP contribution in [0.15, 0.2) is 17.2 Å². The van der Waals surface area contributed by atoms with E-state index in [1.165, 1.54) is 11.0 Å². The molecular weight excluding hydrogens is 270 g/mol. The number of nitrogens with two attached hydrogens (primary N) is 1. The average Bonchev–Trinajstić information content (AvgIpc) is 3.10. The monoisotopic (exact) mass is 285 g/mol. The van der Waals surface area contributed by atoms with Crippen LogP contribution in [0.3, 0.4) is 0 Å². The summed E-state index contributed by atoms with van der Waals surface area (Å²) in [5.74, 6) is -0.244. The minimum atomic E-state index is -3.93. The van der Waals surface area contributed by atoms with Crippen molar-refractivity contribution >= 4 is 15.9 Å². The summed E-state index contributed by atoms with van der Waals surface area (Å²) < 4.78 is 28.3. The van der Waals surface area contributed by atoms with E-state index in [0.717, 1.165) is 19.0 Å². The molecule has 1 heterocycles. The molecule has 1 fully saturated rings. The number of aromatic nitrogens is 1. The summed E-state index contributed by atoms with van der Waals surface area (Å²) in [4.78, 5) is 16.8. The first-order valence-corrected chi connectivity index (χ1v) is 7.25. The van der Waals surface area contributed by atoms with E-state index in [2.05, 4.69) is 4.98 Å². The van der Waals surface area contributed by atoms with Gasteiger partial charge in [0.25, 0.3) is 5.91 Å². The highest BCUT2D eigenvalue weighted by Crippen LogP contribution is 2.31. The van der Waals surface area contributed by atoms with Gasteiger partial charge in [0.1, 0.15) is 16.3 Å². The van der Waals surface area contributed by atoms with Crippen molar-refractivity contribution in [2.45, 2.75) is 23.8 Å². The van der Waals surface area contributed by atoms with Gasteiger partial charge in [0.2, 0.25) is 10.0 Å². The number of hydrogen-bond acceptors (Lipinski definition) is 5. The van der Waals surface area contributed by atoms with Crippen molar-refractivity contribution < 1.29 is 17.9 Å². The molecule has 0 aliphatic heterocycles. The van der Waals surface area contributed by atoms with Crippen molar-refractivity contribution in [1.82, 2.24) is 9.88 Å². The van der Waals surface area contributed by atoms with E-state index in [-0.39, 0.29) is 28.4 Å². The van der Waals surface area contributed by atoms with Gasteiger partial charge < -0.3 is 9.64 Å². The van der Waals surface area contributed by atoms with E-state index in [1.807, 2.05) is 0 Å². The van der Waals surface area contributed by atoms with Crippen LogP contribution in [0.5, 0.6) is 5.75 Å². The fourth-order valence-electron chi connectivity index (χ4n) is 1.44. The first-order valence-electron chi connectivity index (χ1n) is 5.70. The van der Waals surface area contributed by atoms with Crippen molar-refractivity contribution in [1.29, 1.82) is 0 Å². The van der Waals surface area contributed by atoms with Crippen molar-refractivity contribution in [3.05, 3.63) is 18.0 Å². The van der Waals surface area contributed by atoms with Crippen LogP contribution < -0.4 is 9.88 Å². The lowest BCUT2D eigenvalue weighted by molar-refractivity contribution is 0.0821. The topological polar surface area (TPSA) is 103 Å². The second-order valence-electron chi connectivity index (χ2n) is 4.58. The Bertz CT molecular complexity index is 608. The number of pyridine rings is 1. The lowest BCUT2D eigenvalue weighted by atomic mass is 10.3. The molecule has 0 bridgehead atoms. The predicted molar refractivity (Wildman–Crippen MR) is 67.3 cm³/mol. The Morgan fingerprint density at radius 3 is 2.58 bits per heavy atom. The molecule has 7 nitrogen and oxygen atoms in total. The first-order chi connectivity index (χ1) is 8.79. The quantitative estimate of drug-likeness (QED) is 0.837. The van der Waals surface area contributed by atoms with Gasteiger partial charge in [-0.1, -0.05) is 0 Å². The summed E-state index contributed by atoms with van der Waals surface area (Å²) in [5.41, 5.74) is 0.119. The molecule has 1 saturated carbocycles. The van der Waals surface area contributed by atoms with E-state index in [1.54, 1.807) is 14.1 Å². The maximum absolute atomic E-state index is 11.8. The number of ether oxygens (including phenoxy) is 1. The standard InChI is InChI=1S/C11H15N3O4S/c1-14(2)11(15)8-5-9(18-7-3-4-7)10(6-13-8)19(12,16)17/h5-7H,3-4H2,1-2H3,(H2,12,16,17). The average molecular weight is 285 g/mol. The molecule has 1 amide bonds. The molecule has 0 saturated heterocycles. The number of carbonyl (C=O) groups is 1. The van der Waals surface area contributed by atoms with Crippen LogP contribution in [0.1, 0.15) is 23.3 Å². The largest absolute Gasteiger partial charge is 0.489 e. The Morgan fingerprint density at radius 1 is 1.47 bits per heavy atom. The summed E-state index contributed by atoms with van der Waals surface area (Å²) in [7, 11) is -0.762. The molecule has 104 valence electrons. The molecule has 0 spiro atoms. The van der Waals surface area contributed by atoms with Crippen molar-refractivity contribution in [3.63, 3.8) is 0 Å². The van der Waals surface area contributed by atoms with Crippen LogP contribution in [0.4, 0.5) is 0 Å². The number of sulfonamides is 1. The minimum absolute atomic E-state index is 0.00907. The summed E-state index contributed by atoms with van der Waals surface area (Å²) >= 11 is 0. The third kappa shape index (κ3) is 3.21. The van der Waals surface area contributed by atoms with E-state index < -0.39 is 10.0 Å². The molecule has 1 aromatic heterocycles. The van der Waals surface area contributed by atoms with Gasteiger partial charge in [-0.3, -0.25) is 4.79 Å². The van der Waals surface area contributed by atoms with Crippen LogP contribution in [0.2, 0.25) is 0 Å². The summed E-state index contributed by atoms with van der Waals surface area (Å²) in [5, 5.41) is 5.10. The van der Waals surface area contributed by atoms with Crippen LogP contribution >= 0.6 is 0 Å². The van der Waals surface area contributed by atoms with Gasteiger partial charge >= 0.3 is 0 Å². The van der Waals surface area contributed by atoms with E-state index in [9.17, 15) is 13.2 Å². The van der Waals surface area contributed by atoms with Gasteiger partial charge in [0, 0.05) is 20.2 Å². The van der Waals surface area contributed by atoms with Gasteiger partial charge in [-0.05, 0) is 12.8 Å². The fourth-order valence-corrected chi connectivity index (χ4v) is 2.03. The molecule has 1 aliphatic carbocycles. The zero-order valence-electron chi connectivity index (χ0n) is 10.7. The number of rotatable bonds is 4. The summed E-state index contributed by atoms with van der Waals surface area (Å²) in [6.07, 6.45) is 2.78. The lowest BCUT2D eigenvalue weighted by Crippen LogP contribution is -2.23.